The van der Waals surface area contributed by atoms with Crippen LogP contribution in [-0.4, -0.2) is 16.6 Å². The fraction of sp³-hybridized carbons (Fsp3) is 0.381. The van der Waals surface area contributed by atoms with E-state index in [-0.39, 0.29) is 0 Å². The molecule has 24 heavy (non-hydrogen) atoms. The fourth-order valence-corrected chi connectivity index (χ4v) is 2.90. The van der Waals surface area contributed by atoms with Crippen LogP contribution in [0.4, 0.5) is 0 Å². The molecule has 2 aromatic carbocycles. The molecule has 0 saturated heterocycles. The third kappa shape index (κ3) is 3.61. The van der Waals surface area contributed by atoms with Crippen molar-refractivity contribution < 1.29 is 4.74 Å². The highest BCUT2D eigenvalue weighted by Gasteiger charge is 2.08. The molecule has 0 saturated carbocycles. The average molecular weight is 322 g/mol. The van der Waals surface area contributed by atoms with E-state index in [1.54, 1.807) is 0 Å². The minimum Gasteiger partial charge on any atom is -0.493 e. The summed E-state index contributed by atoms with van der Waals surface area (Å²) in [4.78, 5) is 7.78. The highest BCUT2D eigenvalue weighted by Crippen LogP contribution is 2.29. The number of rotatable bonds is 6. The largest absolute Gasteiger partial charge is 0.493 e. The Morgan fingerprint density at radius 2 is 1.83 bits per heavy atom. The number of ether oxygens (including phenoxy) is 1. The zero-order valence-electron chi connectivity index (χ0n) is 15.0. The Bertz CT molecular complexity index is 833. The lowest BCUT2D eigenvalue weighted by molar-refractivity contribution is 0.287. The van der Waals surface area contributed by atoms with Crippen LogP contribution in [0.5, 0.6) is 5.75 Å². The summed E-state index contributed by atoms with van der Waals surface area (Å²) in [6.45, 7) is 9.39. The van der Waals surface area contributed by atoms with Gasteiger partial charge in [-0.05, 0) is 66.6 Å². The van der Waals surface area contributed by atoms with Gasteiger partial charge in [-0.25, -0.2) is 4.98 Å². The number of aromatic amines is 1. The molecule has 0 aliphatic carbocycles. The van der Waals surface area contributed by atoms with Crippen LogP contribution < -0.4 is 4.74 Å². The molecule has 0 bridgehead atoms. The molecule has 0 radical (unpaired) electrons. The van der Waals surface area contributed by atoms with Crippen LogP contribution >= 0.6 is 0 Å². The summed E-state index contributed by atoms with van der Waals surface area (Å²) in [6, 6.07) is 12.9. The van der Waals surface area contributed by atoms with Crippen molar-refractivity contribution >= 4 is 11.0 Å². The van der Waals surface area contributed by atoms with Crippen molar-refractivity contribution in [3.05, 3.63) is 47.8 Å². The second kappa shape index (κ2) is 7.08. The molecule has 1 aromatic heterocycles. The Morgan fingerprint density at radius 1 is 1.08 bits per heavy atom. The number of fused-ring (bicyclic) bond motifs is 1. The Hall–Kier alpha value is -2.29. The van der Waals surface area contributed by atoms with Crippen LogP contribution in [0.25, 0.3) is 22.2 Å². The van der Waals surface area contributed by atoms with E-state index in [4.69, 9.17) is 4.74 Å². The highest BCUT2D eigenvalue weighted by atomic mass is 16.5. The summed E-state index contributed by atoms with van der Waals surface area (Å²) in [6.07, 6.45) is 2.05. The summed E-state index contributed by atoms with van der Waals surface area (Å²) in [7, 11) is 0. The molecule has 0 amide bonds. The van der Waals surface area contributed by atoms with E-state index in [2.05, 4.69) is 67.1 Å². The molecule has 3 rings (SSSR count). The zero-order valence-corrected chi connectivity index (χ0v) is 15.0. The zero-order chi connectivity index (χ0) is 17.1. The molecule has 0 aliphatic rings. The Kier molecular flexibility index (Phi) is 4.89. The Morgan fingerprint density at radius 3 is 2.58 bits per heavy atom. The van der Waals surface area contributed by atoms with Gasteiger partial charge in [-0.2, -0.15) is 0 Å². The minimum absolute atomic E-state index is 0.666. The summed E-state index contributed by atoms with van der Waals surface area (Å²) < 4.78 is 5.99. The number of imidazole rings is 1. The van der Waals surface area contributed by atoms with Gasteiger partial charge < -0.3 is 9.72 Å². The molecule has 0 unspecified atom stereocenters. The SMILES string of the molecule is CCc1cc(-c2ccc3nc(C)[nH]c3c2)ccc1OCCC(C)C. The van der Waals surface area contributed by atoms with Crippen LogP contribution in [-0.2, 0) is 6.42 Å². The first-order valence-corrected chi connectivity index (χ1v) is 8.79. The van der Waals surface area contributed by atoms with Gasteiger partial charge in [0.05, 0.1) is 17.6 Å². The number of nitrogens with zero attached hydrogens (tertiary/aromatic N) is 1. The number of hydrogen-bond donors (Lipinski definition) is 1. The Labute approximate surface area is 144 Å². The second-order valence-corrected chi connectivity index (χ2v) is 6.76. The van der Waals surface area contributed by atoms with Gasteiger partial charge >= 0.3 is 0 Å². The maximum absolute atomic E-state index is 5.99. The molecule has 1 heterocycles. The molecule has 3 aromatic rings. The molecule has 0 aliphatic heterocycles. The number of aromatic nitrogens is 2. The van der Waals surface area contributed by atoms with Crippen LogP contribution in [0, 0.1) is 12.8 Å². The molecule has 1 N–H and O–H groups in total. The number of H-pyrrole nitrogens is 1. The summed E-state index contributed by atoms with van der Waals surface area (Å²) >= 11 is 0. The van der Waals surface area contributed by atoms with Crippen LogP contribution in [0.2, 0.25) is 0 Å². The van der Waals surface area contributed by atoms with E-state index in [1.807, 2.05) is 6.92 Å². The van der Waals surface area contributed by atoms with Gasteiger partial charge in [-0.3, -0.25) is 0 Å². The van der Waals surface area contributed by atoms with Crippen LogP contribution in [0.1, 0.15) is 38.6 Å². The number of aryl methyl sites for hydroxylation is 2. The number of hydrogen-bond acceptors (Lipinski definition) is 2. The maximum atomic E-state index is 5.99. The van der Waals surface area contributed by atoms with Gasteiger partial charge in [-0.1, -0.05) is 32.9 Å². The normalized spacial score (nSPS) is 11.4. The standard InChI is InChI=1S/C21H26N2O/c1-5-16-12-17(7-9-21(16)24-11-10-14(2)3)18-6-8-19-20(13-18)23-15(4)22-19/h6-9,12-14H,5,10-11H2,1-4H3,(H,22,23). The van der Waals surface area contributed by atoms with Crippen molar-refractivity contribution in [2.24, 2.45) is 5.92 Å². The fourth-order valence-electron chi connectivity index (χ4n) is 2.90. The first kappa shape index (κ1) is 16.6. The van der Waals surface area contributed by atoms with Crippen molar-refractivity contribution in [1.29, 1.82) is 0 Å². The second-order valence-electron chi connectivity index (χ2n) is 6.76. The van der Waals surface area contributed by atoms with Crippen LogP contribution in [0.3, 0.4) is 0 Å². The lowest BCUT2D eigenvalue weighted by Gasteiger charge is -2.13. The number of benzene rings is 2. The van der Waals surface area contributed by atoms with Crippen molar-refractivity contribution in [2.45, 2.75) is 40.5 Å². The van der Waals surface area contributed by atoms with Gasteiger partial charge in [0.15, 0.2) is 0 Å². The van der Waals surface area contributed by atoms with Crippen molar-refractivity contribution in [3.8, 4) is 16.9 Å². The van der Waals surface area contributed by atoms with E-state index in [1.165, 1.54) is 16.7 Å². The lowest BCUT2D eigenvalue weighted by Crippen LogP contribution is -2.03. The summed E-state index contributed by atoms with van der Waals surface area (Å²) in [5.74, 6) is 2.63. The molecule has 0 spiro atoms. The minimum atomic E-state index is 0.666. The Balaban J connectivity index is 1.87. The molecule has 0 atom stereocenters. The average Bonchev–Trinajstić information content (AvgIpc) is 2.93. The maximum Gasteiger partial charge on any atom is 0.122 e. The van der Waals surface area contributed by atoms with Crippen LogP contribution in [0.15, 0.2) is 36.4 Å². The molecule has 126 valence electrons. The van der Waals surface area contributed by atoms with E-state index < -0.39 is 0 Å². The number of nitrogens with one attached hydrogen (secondary N) is 1. The third-order valence-electron chi connectivity index (χ3n) is 4.33. The molecular weight excluding hydrogens is 296 g/mol. The summed E-state index contributed by atoms with van der Waals surface area (Å²) in [5.41, 5.74) is 5.78. The van der Waals surface area contributed by atoms with Gasteiger partial charge in [-0.15, -0.1) is 0 Å². The molecule has 0 fully saturated rings. The first-order valence-electron chi connectivity index (χ1n) is 8.79. The van der Waals surface area contributed by atoms with Crippen molar-refractivity contribution in [3.63, 3.8) is 0 Å². The van der Waals surface area contributed by atoms with Gasteiger partial charge in [0, 0.05) is 0 Å². The topological polar surface area (TPSA) is 37.9 Å². The monoisotopic (exact) mass is 322 g/mol. The lowest BCUT2D eigenvalue weighted by atomic mass is 10.0. The van der Waals surface area contributed by atoms with Gasteiger partial charge in [0.25, 0.3) is 0 Å². The van der Waals surface area contributed by atoms with E-state index in [0.29, 0.717) is 5.92 Å². The molecule has 3 nitrogen and oxygen atoms in total. The van der Waals surface area contributed by atoms with E-state index in [0.717, 1.165) is 42.1 Å². The highest BCUT2D eigenvalue weighted by molar-refractivity contribution is 5.82. The van der Waals surface area contributed by atoms with E-state index in [9.17, 15) is 0 Å². The van der Waals surface area contributed by atoms with Gasteiger partial charge in [0.2, 0.25) is 0 Å². The predicted octanol–water partition coefficient (Wildman–Crippen LogP) is 5.53. The quantitative estimate of drug-likeness (QED) is 0.648. The smallest absolute Gasteiger partial charge is 0.122 e. The first-order chi connectivity index (χ1) is 11.6. The molecule has 3 heteroatoms. The molecular formula is C21H26N2O. The van der Waals surface area contributed by atoms with Gasteiger partial charge in [0.1, 0.15) is 11.6 Å². The predicted molar refractivity (Wildman–Crippen MR) is 101 cm³/mol. The van der Waals surface area contributed by atoms with Crippen molar-refractivity contribution in [1.82, 2.24) is 9.97 Å². The van der Waals surface area contributed by atoms with Crippen molar-refractivity contribution in [2.75, 3.05) is 6.61 Å². The summed E-state index contributed by atoms with van der Waals surface area (Å²) in [5, 5.41) is 0. The third-order valence-corrected chi connectivity index (χ3v) is 4.33. The van der Waals surface area contributed by atoms with E-state index >= 15 is 0 Å².